The van der Waals surface area contributed by atoms with E-state index < -0.39 is 39.2 Å². The maximum absolute atomic E-state index is 13.4. The summed E-state index contributed by atoms with van der Waals surface area (Å²) in [4.78, 5) is 84.4. The van der Waals surface area contributed by atoms with Crippen LogP contribution in [0.5, 0.6) is 17.2 Å². The largest absolute Gasteiger partial charge is 0.496 e. The zero-order valence-electron chi connectivity index (χ0n) is 37.5. The third-order valence-corrected chi connectivity index (χ3v) is 14.9. The molecular weight excluding hydrogens is 903 g/mol. The van der Waals surface area contributed by atoms with Crippen molar-refractivity contribution in [3.8, 4) is 28.4 Å². The van der Waals surface area contributed by atoms with Crippen LogP contribution in [0.15, 0.2) is 41.3 Å². The van der Waals surface area contributed by atoms with Gasteiger partial charge in [0.05, 0.1) is 43.6 Å². The summed E-state index contributed by atoms with van der Waals surface area (Å²) in [6.45, 7) is 6.42. The van der Waals surface area contributed by atoms with Gasteiger partial charge in [-0.1, -0.05) is 0 Å². The van der Waals surface area contributed by atoms with Crippen LogP contribution < -0.4 is 30.4 Å². The van der Waals surface area contributed by atoms with E-state index in [0.29, 0.717) is 36.7 Å². The Bertz CT molecular complexity index is 2500. The highest BCUT2D eigenvalue weighted by Gasteiger charge is 2.48. The number of likely N-dealkylation sites (tertiary alicyclic amines) is 2. The van der Waals surface area contributed by atoms with E-state index in [-0.39, 0.29) is 47.6 Å². The molecule has 66 heavy (non-hydrogen) atoms. The standard InChI is InChI=1S/C47H57N7O9S3/c1-50-24-34(31-10-15-53(26-35(31)42(50)57)45(60)49-47(64,65)66)28-18-38(61-2)36(39(19-28)62-3)25-51-13-8-27(9-14-51)23-52-16-11-46(12-17-52)21-30(22-46)63-29-4-5-32-33(20-29)44(59)54(43(32)58)37-6-7-40(55)48-41(37)56/h4-5,18-20,24,27,30,37,64-66H,6-17,21-23,25-26H2,1-3H3,(H,49,60)(H,48,55,56). The van der Waals surface area contributed by atoms with Crippen LogP contribution in [0.4, 0.5) is 4.79 Å². The highest BCUT2D eigenvalue weighted by Crippen LogP contribution is 2.51. The van der Waals surface area contributed by atoms with Gasteiger partial charge in [0.1, 0.15) is 23.3 Å². The van der Waals surface area contributed by atoms with Crippen molar-refractivity contribution in [2.24, 2.45) is 18.4 Å². The van der Waals surface area contributed by atoms with E-state index in [9.17, 15) is 28.8 Å². The monoisotopic (exact) mass is 959 g/mol. The number of urea groups is 1. The molecule has 19 heteroatoms. The number of aryl methyl sites for hydroxylation is 1. The molecule has 16 nitrogen and oxygen atoms in total. The lowest BCUT2D eigenvalue weighted by Gasteiger charge is -2.52. The minimum Gasteiger partial charge on any atom is -0.496 e. The van der Waals surface area contributed by atoms with Crippen LogP contribution in [0.1, 0.15) is 88.8 Å². The van der Waals surface area contributed by atoms with Crippen LogP contribution in [0.3, 0.4) is 0 Å². The number of benzene rings is 2. The molecule has 6 heterocycles. The Balaban J connectivity index is 0.755. The smallest absolute Gasteiger partial charge is 0.320 e. The molecule has 4 fully saturated rings. The van der Waals surface area contributed by atoms with Gasteiger partial charge >= 0.3 is 6.03 Å². The number of thiol groups is 3. The van der Waals surface area contributed by atoms with Crippen molar-refractivity contribution in [2.45, 2.75) is 86.6 Å². The van der Waals surface area contributed by atoms with Crippen molar-refractivity contribution >= 4 is 67.5 Å². The second-order valence-electron chi connectivity index (χ2n) is 18.8. The number of carbonyl (C=O) groups is 5. The van der Waals surface area contributed by atoms with Gasteiger partial charge in [0.2, 0.25) is 11.8 Å². The summed E-state index contributed by atoms with van der Waals surface area (Å²) in [5.74, 6) is 0.535. The first-order chi connectivity index (χ1) is 31.5. The minimum atomic E-state index is -1.30. The second-order valence-corrected chi connectivity index (χ2v) is 21.9. The van der Waals surface area contributed by atoms with Crippen LogP contribution in [-0.4, -0.2) is 123 Å². The number of carbonyl (C=O) groups excluding carboxylic acids is 5. The number of hydrogen-bond donors (Lipinski definition) is 5. The number of pyridine rings is 1. The predicted octanol–water partition coefficient (Wildman–Crippen LogP) is 4.47. The Morgan fingerprint density at radius 1 is 0.833 bits per heavy atom. The third-order valence-electron chi connectivity index (χ3n) is 14.6. The van der Waals surface area contributed by atoms with E-state index in [4.69, 9.17) is 14.2 Å². The average Bonchev–Trinajstić information content (AvgIpc) is 3.52. The van der Waals surface area contributed by atoms with Gasteiger partial charge in [-0.2, -0.15) is 0 Å². The molecular formula is C47H57N7O9S3. The summed E-state index contributed by atoms with van der Waals surface area (Å²) >= 11 is 12.5. The average molecular weight is 960 g/mol. The molecule has 1 aliphatic carbocycles. The van der Waals surface area contributed by atoms with Gasteiger partial charge in [0, 0.05) is 50.4 Å². The molecule has 1 aromatic heterocycles. The number of imide groups is 2. The van der Waals surface area contributed by atoms with E-state index in [2.05, 4.69) is 58.3 Å². The summed E-state index contributed by atoms with van der Waals surface area (Å²) < 4.78 is 18.6. The van der Waals surface area contributed by atoms with Crippen LogP contribution >= 0.6 is 37.9 Å². The number of hydrogen-bond acceptors (Lipinski definition) is 14. The molecule has 1 atom stereocenters. The molecule has 0 radical (unpaired) electrons. The number of nitrogens with zero attached hydrogens (tertiary/aromatic N) is 5. The fourth-order valence-electron chi connectivity index (χ4n) is 11.0. The highest BCUT2D eigenvalue weighted by atomic mass is 32.2. The van der Waals surface area contributed by atoms with Crippen molar-refractivity contribution in [2.75, 3.05) is 53.5 Å². The number of piperidine rings is 3. The molecule has 1 saturated carbocycles. The summed E-state index contributed by atoms with van der Waals surface area (Å²) in [5.41, 5.74) is 4.81. The van der Waals surface area contributed by atoms with Crippen LogP contribution in [-0.2, 0) is 36.1 Å². The zero-order valence-corrected chi connectivity index (χ0v) is 40.2. The Morgan fingerprint density at radius 3 is 2.17 bits per heavy atom. The molecule has 3 saturated heterocycles. The Hall–Kier alpha value is -4.69. The van der Waals surface area contributed by atoms with Crippen LogP contribution in [0, 0.1) is 11.3 Å². The van der Waals surface area contributed by atoms with E-state index in [0.717, 1.165) is 110 Å². The van der Waals surface area contributed by atoms with Gasteiger partial charge in [0.15, 0.2) is 3.54 Å². The molecule has 2 N–H and O–H groups in total. The number of amides is 6. The van der Waals surface area contributed by atoms with Gasteiger partial charge in [-0.3, -0.25) is 39.1 Å². The van der Waals surface area contributed by atoms with Crippen molar-refractivity contribution in [3.63, 3.8) is 0 Å². The maximum Gasteiger partial charge on any atom is 0.320 e. The van der Waals surface area contributed by atoms with Crippen LogP contribution in [0.2, 0.25) is 0 Å². The fraction of sp³-hybridized carbons (Fsp3) is 0.532. The molecule has 6 aliphatic rings. The first-order valence-electron chi connectivity index (χ1n) is 22.7. The van der Waals surface area contributed by atoms with Gasteiger partial charge in [-0.05, 0) is 130 Å². The van der Waals surface area contributed by atoms with E-state index in [1.54, 1.807) is 48.9 Å². The lowest BCUT2D eigenvalue weighted by molar-refractivity contribution is -0.136. The van der Waals surface area contributed by atoms with E-state index in [1.165, 1.54) is 0 Å². The molecule has 1 spiro atoms. The Kier molecular flexibility index (Phi) is 13.0. The second kappa shape index (κ2) is 18.4. The first-order valence-corrected chi connectivity index (χ1v) is 24.0. The normalized spacial score (nSPS) is 21.6. The topological polar surface area (TPSA) is 172 Å². The summed E-state index contributed by atoms with van der Waals surface area (Å²) in [6.07, 6.45) is 8.96. The molecule has 5 aliphatic heterocycles. The highest BCUT2D eigenvalue weighted by molar-refractivity contribution is 8.16. The molecule has 1 unspecified atom stereocenters. The Labute approximate surface area is 400 Å². The lowest BCUT2D eigenvalue weighted by Crippen LogP contribution is -2.54. The van der Waals surface area contributed by atoms with Gasteiger partial charge in [-0.15, -0.1) is 37.9 Å². The number of ether oxygens (including phenoxy) is 3. The van der Waals surface area contributed by atoms with Crippen molar-refractivity contribution in [3.05, 3.63) is 74.7 Å². The van der Waals surface area contributed by atoms with Gasteiger partial charge in [-0.25, -0.2) is 4.79 Å². The maximum atomic E-state index is 13.4. The molecule has 2 aromatic carbocycles. The molecule has 6 amide bonds. The fourth-order valence-corrected chi connectivity index (χ4v) is 11.3. The quantitative estimate of drug-likeness (QED) is 0.104. The summed E-state index contributed by atoms with van der Waals surface area (Å²) in [6, 6.07) is 7.60. The van der Waals surface area contributed by atoms with E-state index in [1.807, 2.05) is 18.3 Å². The SMILES string of the molecule is COc1cc(-c2cn(C)c(=O)c3c2CCN(C(=O)NC(S)(S)S)C3)cc(OC)c1CN1CCC(CN2CCC3(CC2)CC(Oc2ccc4c(c2)C(=O)N(C2CCC(=O)NC2=O)C4=O)C3)CC1. The number of aromatic nitrogens is 1. The number of rotatable bonds is 11. The Morgan fingerprint density at radius 2 is 1.52 bits per heavy atom. The number of nitrogens with one attached hydrogen (secondary N) is 2. The van der Waals surface area contributed by atoms with Gasteiger partial charge < -0.3 is 33.9 Å². The third kappa shape index (κ3) is 9.29. The van der Waals surface area contributed by atoms with Gasteiger partial charge in [0.25, 0.3) is 17.4 Å². The number of methoxy groups -OCH3 is 2. The van der Waals surface area contributed by atoms with Crippen molar-refractivity contribution in [1.82, 2.24) is 34.8 Å². The lowest BCUT2D eigenvalue weighted by atomic mass is 9.61. The van der Waals surface area contributed by atoms with Crippen molar-refractivity contribution < 1.29 is 38.2 Å². The van der Waals surface area contributed by atoms with Crippen molar-refractivity contribution in [1.29, 1.82) is 0 Å². The van der Waals surface area contributed by atoms with E-state index >= 15 is 0 Å². The molecule has 9 rings (SSSR count). The molecule has 3 aromatic rings. The minimum absolute atomic E-state index is 0.0409. The number of fused-ring (bicyclic) bond motifs is 2. The summed E-state index contributed by atoms with van der Waals surface area (Å²) in [7, 11) is 5.07. The summed E-state index contributed by atoms with van der Waals surface area (Å²) in [5, 5.41) is 4.86. The molecule has 352 valence electrons. The predicted molar refractivity (Wildman–Crippen MR) is 255 cm³/mol. The first kappa shape index (κ1) is 46.4. The van der Waals surface area contributed by atoms with Crippen LogP contribution in [0.25, 0.3) is 11.1 Å². The zero-order chi connectivity index (χ0) is 46.7. The molecule has 0 bridgehead atoms.